The molecule has 1 saturated heterocycles. The Morgan fingerprint density at radius 1 is 1.37 bits per heavy atom. The van der Waals surface area contributed by atoms with Gasteiger partial charge >= 0.3 is 0 Å². The summed E-state index contributed by atoms with van der Waals surface area (Å²) in [6.07, 6.45) is 3.49. The number of benzene rings is 1. The summed E-state index contributed by atoms with van der Waals surface area (Å²) >= 11 is 0. The van der Waals surface area contributed by atoms with Crippen molar-refractivity contribution >= 4 is 17.4 Å². The number of para-hydroxylation sites is 1. The number of hydrogen-bond donors (Lipinski definition) is 2. The summed E-state index contributed by atoms with van der Waals surface area (Å²) in [6, 6.07) is 8.00. The van der Waals surface area contributed by atoms with Gasteiger partial charge in [0.2, 0.25) is 0 Å². The zero-order valence-electron chi connectivity index (χ0n) is 15.6. The standard InChI is InChI=1S/C20H25FN4O2/c1-13-6-8-15(11-24-18-9-7-14(22)10-23-18)25(12-13)20(26)16-4-3-5-17(21)19(16)27-2/h3-5,7,9-10,13,15H,6,8,11-12,22H2,1-2H3,(H,23,24)/t13-,15-/m0/s1. The third kappa shape index (κ3) is 4.30. The molecule has 0 aliphatic carbocycles. The summed E-state index contributed by atoms with van der Waals surface area (Å²) in [5.41, 5.74) is 6.51. The number of carbonyl (C=O) groups excluding carboxylic acids is 1. The predicted octanol–water partition coefficient (Wildman–Crippen LogP) is 3.16. The van der Waals surface area contributed by atoms with Crippen molar-refractivity contribution in [2.75, 3.05) is 31.2 Å². The molecule has 0 radical (unpaired) electrons. The molecule has 1 aliphatic rings. The number of carbonyl (C=O) groups is 1. The van der Waals surface area contributed by atoms with Crippen LogP contribution in [0.15, 0.2) is 36.5 Å². The molecule has 1 fully saturated rings. The fraction of sp³-hybridized carbons (Fsp3) is 0.400. The highest BCUT2D eigenvalue weighted by Crippen LogP contribution is 2.28. The molecule has 0 saturated carbocycles. The quantitative estimate of drug-likeness (QED) is 0.843. The van der Waals surface area contributed by atoms with Gasteiger partial charge in [0.15, 0.2) is 11.6 Å². The van der Waals surface area contributed by atoms with E-state index in [0.717, 1.165) is 12.8 Å². The summed E-state index contributed by atoms with van der Waals surface area (Å²) in [5.74, 6) is 0.342. The zero-order valence-corrected chi connectivity index (χ0v) is 15.6. The normalized spacial score (nSPS) is 19.6. The van der Waals surface area contributed by atoms with Crippen molar-refractivity contribution in [1.82, 2.24) is 9.88 Å². The van der Waals surface area contributed by atoms with Crippen molar-refractivity contribution in [2.24, 2.45) is 5.92 Å². The highest BCUT2D eigenvalue weighted by Gasteiger charge is 2.32. The number of amides is 1. The largest absolute Gasteiger partial charge is 0.493 e. The Balaban J connectivity index is 1.78. The number of anilines is 2. The molecule has 1 aromatic carbocycles. The first-order valence-electron chi connectivity index (χ1n) is 9.08. The summed E-state index contributed by atoms with van der Waals surface area (Å²) in [7, 11) is 1.37. The topological polar surface area (TPSA) is 80.5 Å². The lowest BCUT2D eigenvalue weighted by Crippen LogP contribution is -2.49. The van der Waals surface area contributed by atoms with Crippen LogP contribution < -0.4 is 15.8 Å². The fourth-order valence-corrected chi connectivity index (χ4v) is 3.44. The number of methoxy groups -OCH3 is 1. The minimum absolute atomic E-state index is 0.00682. The molecule has 1 aliphatic heterocycles. The number of halogens is 1. The molecular formula is C20H25FN4O2. The van der Waals surface area contributed by atoms with Gasteiger partial charge in [0.1, 0.15) is 5.82 Å². The molecule has 144 valence electrons. The molecule has 27 heavy (non-hydrogen) atoms. The molecule has 0 unspecified atom stereocenters. The summed E-state index contributed by atoms with van der Waals surface area (Å²) in [4.78, 5) is 19.2. The lowest BCUT2D eigenvalue weighted by molar-refractivity contribution is 0.0561. The van der Waals surface area contributed by atoms with Gasteiger partial charge in [0, 0.05) is 19.1 Å². The van der Waals surface area contributed by atoms with E-state index in [-0.39, 0.29) is 23.3 Å². The summed E-state index contributed by atoms with van der Waals surface area (Å²) < 4.78 is 19.2. The molecule has 3 N–H and O–H groups in total. The second-order valence-electron chi connectivity index (χ2n) is 6.97. The van der Waals surface area contributed by atoms with Crippen LogP contribution in [-0.2, 0) is 0 Å². The van der Waals surface area contributed by atoms with Gasteiger partial charge < -0.3 is 20.7 Å². The van der Waals surface area contributed by atoms with Gasteiger partial charge in [-0.25, -0.2) is 9.37 Å². The van der Waals surface area contributed by atoms with Crippen LogP contribution in [0.5, 0.6) is 5.75 Å². The van der Waals surface area contributed by atoms with E-state index in [9.17, 15) is 9.18 Å². The predicted molar refractivity (Wildman–Crippen MR) is 103 cm³/mol. The molecule has 0 spiro atoms. The molecule has 2 atom stereocenters. The highest BCUT2D eigenvalue weighted by atomic mass is 19.1. The number of nitrogens with one attached hydrogen (secondary N) is 1. The second kappa shape index (κ2) is 8.24. The number of nitrogen functional groups attached to an aromatic ring is 1. The number of piperidine rings is 1. The first-order chi connectivity index (χ1) is 13.0. The Hall–Kier alpha value is -2.83. The smallest absolute Gasteiger partial charge is 0.258 e. The van der Waals surface area contributed by atoms with Crippen LogP contribution in [-0.4, -0.2) is 42.0 Å². The molecule has 2 heterocycles. The number of hydrogen-bond acceptors (Lipinski definition) is 5. The number of rotatable bonds is 5. The number of pyridine rings is 1. The van der Waals surface area contributed by atoms with Crippen LogP contribution in [0.4, 0.5) is 15.9 Å². The number of ether oxygens (including phenoxy) is 1. The van der Waals surface area contributed by atoms with Crippen LogP contribution in [0, 0.1) is 11.7 Å². The Morgan fingerprint density at radius 3 is 2.89 bits per heavy atom. The second-order valence-corrected chi connectivity index (χ2v) is 6.97. The fourth-order valence-electron chi connectivity index (χ4n) is 3.44. The molecule has 7 heteroatoms. The van der Waals surface area contributed by atoms with E-state index in [2.05, 4.69) is 17.2 Å². The van der Waals surface area contributed by atoms with E-state index in [1.54, 1.807) is 18.3 Å². The third-order valence-electron chi connectivity index (χ3n) is 4.91. The summed E-state index contributed by atoms with van der Waals surface area (Å²) in [5, 5.41) is 3.27. The molecule has 0 bridgehead atoms. The minimum Gasteiger partial charge on any atom is -0.493 e. The Morgan fingerprint density at radius 2 is 2.19 bits per heavy atom. The molecule has 3 rings (SSSR count). The highest BCUT2D eigenvalue weighted by molar-refractivity contribution is 5.97. The maximum atomic E-state index is 14.0. The van der Waals surface area contributed by atoms with Crippen LogP contribution >= 0.6 is 0 Å². The van der Waals surface area contributed by atoms with Crippen LogP contribution in [0.2, 0.25) is 0 Å². The van der Waals surface area contributed by atoms with Crippen molar-refractivity contribution in [2.45, 2.75) is 25.8 Å². The van der Waals surface area contributed by atoms with Crippen molar-refractivity contribution in [3.63, 3.8) is 0 Å². The van der Waals surface area contributed by atoms with E-state index in [0.29, 0.717) is 30.5 Å². The number of nitrogens with two attached hydrogens (primary N) is 1. The van der Waals surface area contributed by atoms with E-state index in [1.807, 2.05) is 11.0 Å². The lowest BCUT2D eigenvalue weighted by atomic mass is 9.93. The molecule has 1 aromatic heterocycles. The van der Waals surface area contributed by atoms with Crippen molar-refractivity contribution in [3.8, 4) is 5.75 Å². The van der Waals surface area contributed by atoms with Gasteiger partial charge in [-0.3, -0.25) is 4.79 Å². The molecule has 2 aromatic rings. The van der Waals surface area contributed by atoms with Crippen LogP contribution in [0.3, 0.4) is 0 Å². The number of likely N-dealkylation sites (tertiary alicyclic amines) is 1. The monoisotopic (exact) mass is 372 g/mol. The maximum absolute atomic E-state index is 14.0. The average molecular weight is 372 g/mol. The lowest BCUT2D eigenvalue weighted by Gasteiger charge is -2.39. The third-order valence-corrected chi connectivity index (χ3v) is 4.91. The van der Waals surface area contributed by atoms with Gasteiger partial charge in [0.05, 0.1) is 24.6 Å². The van der Waals surface area contributed by atoms with Crippen LogP contribution in [0.1, 0.15) is 30.1 Å². The Kier molecular flexibility index (Phi) is 5.78. The Bertz CT molecular complexity index is 797. The van der Waals surface area contributed by atoms with Crippen molar-refractivity contribution in [3.05, 3.63) is 47.9 Å². The van der Waals surface area contributed by atoms with Crippen LogP contribution in [0.25, 0.3) is 0 Å². The van der Waals surface area contributed by atoms with E-state index < -0.39 is 5.82 Å². The SMILES string of the molecule is COc1c(F)cccc1C(=O)N1C[C@@H](C)CC[C@H]1CNc1ccc(N)cn1. The Labute approximate surface area is 158 Å². The molecule has 6 nitrogen and oxygen atoms in total. The van der Waals surface area contributed by atoms with Crippen molar-refractivity contribution < 1.29 is 13.9 Å². The first-order valence-corrected chi connectivity index (χ1v) is 9.08. The molecular weight excluding hydrogens is 347 g/mol. The average Bonchev–Trinajstić information content (AvgIpc) is 2.67. The molecule has 1 amide bonds. The summed E-state index contributed by atoms with van der Waals surface area (Å²) in [6.45, 7) is 3.31. The number of nitrogens with zero attached hydrogens (tertiary/aromatic N) is 2. The van der Waals surface area contributed by atoms with Crippen molar-refractivity contribution in [1.29, 1.82) is 0 Å². The zero-order chi connectivity index (χ0) is 19.4. The van der Waals surface area contributed by atoms with Gasteiger partial charge in [-0.1, -0.05) is 13.0 Å². The van der Waals surface area contributed by atoms with Gasteiger partial charge in [0.25, 0.3) is 5.91 Å². The van der Waals surface area contributed by atoms with E-state index in [1.165, 1.54) is 19.2 Å². The minimum atomic E-state index is -0.533. The van der Waals surface area contributed by atoms with Gasteiger partial charge in [-0.15, -0.1) is 0 Å². The number of aromatic nitrogens is 1. The van der Waals surface area contributed by atoms with Gasteiger partial charge in [-0.05, 0) is 43.0 Å². The first kappa shape index (κ1) is 18.9. The van der Waals surface area contributed by atoms with Gasteiger partial charge in [-0.2, -0.15) is 0 Å². The van der Waals surface area contributed by atoms with E-state index in [4.69, 9.17) is 10.5 Å². The maximum Gasteiger partial charge on any atom is 0.258 e. The van der Waals surface area contributed by atoms with E-state index >= 15 is 0 Å².